The van der Waals surface area contributed by atoms with E-state index in [4.69, 9.17) is 4.74 Å². The molecular formula is C17H23N3O5. The summed E-state index contributed by atoms with van der Waals surface area (Å²) in [4.78, 5) is 33.6. The molecule has 0 aliphatic heterocycles. The summed E-state index contributed by atoms with van der Waals surface area (Å²) < 4.78 is 5.08. The summed E-state index contributed by atoms with van der Waals surface area (Å²) in [5.74, 6) is -0.368. The van der Waals surface area contributed by atoms with E-state index in [9.17, 15) is 19.7 Å². The highest BCUT2D eigenvalue weighted by Crippen LogP contribution is 2.28. The number of para-hydroxylation sites is 1. The monoisotopic (exact) mass is 349 g/mol. The Bertz CT molecular complexity index is 677. The maximum absolute atomic E-state index is 11.5. The Labute approximate surface area is 146 Å². The number of rotatable bonds is 7. The summed E-state index contributed by atoms with van der Waals surface area (Å²) in [7, 11) is 0. The number of hydrogen-bond donors (Lipinski definition) is 2. The van der Waals surface area contributed by atoms with Crippen molar-refractivity contribution in [3.05, 3.63) is 46.0 Å². The third-order valence-corrected chi connectivity index (χ3v) is 2.94. The topological polar surface area (TPSA) is 111 Å². The Kier molecular flexibility index (Phi) is 7.10. The number of nitro groups is 1. The number of benzene rings is 1. The van der Waals surface area contributed by atoms with E-state index in [1.165, 1.54) is 19.1 Å². The van der Waals surface area contributed by atoms with Crippen LogP contribution in [0.4, 0.5) is 16.2 Å². The first kappa shape index (κ1) is 20.1. The number of nitrogens with zero attached hydrogens (tertiary/aromatic N) is 1. The molecule has 0 aromatic heterocycles. The van der Waals surface area contributed by atoms with Crippen LogP contribution in [0.25, 0.3) is 0 Å². The van der Waals surface area contributed by atoms with Gasteiger partial charge in [0.05, 0.1) is 10.5 Å². The van der Waals surface area contributed by atoms with Crippen molar-refractivity contribution in [1.82, 2.24) is 5.32 Å². The lowest BCUT2D eigenvalue weighted by Gasteiger charge is -2.19. The Morgan fingerprint density at radius 1 is 1.24 bits per heavy atom. The van der Waals surface area contributed by atoms with Crippen molar-refractivity contribution in [1.29, 1.82) is 0 Å². The number of nitrogens with one attached hydrogen (secondary N) is 2. The molecular weight excluding hydrogens is 326 g/mol. The zero-order valence-corrected chi connectivity index (χ0v) is 14.8. The van der Waals surface area contributed by atoms with Crippen molar-refractivity contribution >= 4 is 23.3 Å². The zero-order valence-electron chi connectivity index (χ0n) is 14.8. The number of ketones is 1. The van der Waals surface area contributed by atoms with Crippen LogP contribution in [0, 0.1) is 10.1 Å². The van der Waals surface area contributed by atoms with Gasteiger partial charge in [0.15, 0.2) is 5.78 Å². The van der Waals surface area contributed by atoms with E-state index in [0.717, 1.165) is 0 Å². The number of carbonyl (C=O) groups excluding carboxylic acids is 2. The molecule has 2 N–H and O–H groups in total. The molecule has 0 saturated carbocycles. The number of amides is 1. The largest absolute Gasteiger partial charge is 0.444 e. The van der Waals surface area contributed by atoms with Gasteiger partial charge < -0.3 is 15.4 Å². The molecule has 0 bridgehead atoms. The first-order valence-corrected chi connectivity index (χ1v) is 7.76. The summed E-state index contributed by atoms with van der Waals surface area (Å²) in [5.41, 5.74) is -0.473. The minimum Gasteiger partial charge on any atom is -0.444 e. The molecule has 0 unspecified atom stereocenters. The van der Waals surface area contributed by atoms with Crippen LogP contribution in [0.2, 0.25) is 0 Å². The van der Waals surface area contributed by atoms with Crippen LogP contribution in [-0.2, 0) is 4.74 Å². The molecule has 8 nitrogen and oxygen atoms in total. The second kappa shape index (κ2) is 8.81. The van der Waals surface area contributed by atoms with E-state index in [2.05, 4.69) is 10.6 Å². The van der Waals surface area contributed by atoms with Crippen LogP contribution in [-0.4, -0.2) is 35.5 Å². The van der Waals surface area contributed by atoms with Crippen LogP contribution in [0.1, 0.15) is 38.1 Å². The predicted octanol–water partition coefficient (Wildman–Crippen LogP) is 3.29. The quantitative estimate of drug-likeness (QED) is 0.338. The van der Waals surface area contributed by atoms with E-state index in [1.54, 1.807) is 39.0 Å². The second-order valence-electron chi connectivity index (χ2n) is 6.25. The van der Waals surface area contributed by atoms with E-state index >= 15 is 0 Å². The Balaban J connectivity index is 2.57. The summed E-state index contributed by atoms with van der Waals surface area (Å²) >= 11 is 0. The Hall–Kier alpha value is -2.90. The Morgan fingerprint density at radius 3 is 2.44 bits per heavy atom. The summed E-state index contributed by atoms with van der Waals surface area (Å²) in [6, 6.07) is 4.55. The molecule has 0 saturated heterocycles. The maximum atomic E-state index is 11.5. The van der Waals surface area contributed by atoms with Crippen molar-refractivity contribution in [2.75, 3.05) is 18.4 Å². The molecule has 1 amide bonds. The molecule has 0 fully saturated rings. The van der Waals surface area contributed by atoms with Crippen molar-refractivity contribution in [2.24, 2.45) is 0 Å². The van der Waals surface area contributed by atoms with Crippen LogP contribution in [0.5, 0.6) is 0 Å². The number of alkyl carbamates (subject to hydrolysis) is 1. The predicted molar refractivity (Wildman–Crippen MR) is 95.0 cm³/mol. The van der Waals surface area contributed by atoms with Gasteiger partial charge >= 0.3 is 11.8 Å². The lowest BCUT2D eigenvalue weighted by atomic mass is 10.1. The van der Waals surface area contributed by atoms with Crippen molar-refractivity contribution in [3.8, 4) is 0 Å². The van der Waals surface area contributed by atoms with Crippen molar-refractivity contribution < 1.29 is 19.2 Å². The molecule has 1 aromatic rings. The number of nitro benzene ring substituents is 1. The number of hydrogen-bond acceptors (Lipinski definition) is 6. The SMILES string of the molecule is CC(=O)c1cccc(NC/C=C/CNC(=O)OC(C)(C)C)c1[N+](=O)[O-]. The lowest BCUT2D eigenvalue weighted by Crippen LogP contribution is -2.32. The van der Waals surface area contributed by atoms with E-state index < -0.39 is 16.6 Å². The molecule has 136 valence electrons. The molecule has 0 spiro atoms. The van der Waals surface area contributed by atoms with Gasteiger partial charge in [-0.05, 0) is 39.8 Å². The molecule has 0 heterocycles. The number of anilines is 1. The first-order chi connectivity index (χ1) is 11.6. The van der Waals surface area contributed by atoms with Gasteiger partial charge in [-0.3, -0.25) is 14.9 Å². The average Bonchev–Trinajstić information content (AvgIpc) is 2.48. The van der Waals surface area contributed by atoms with Crippen LogP contribution in [0.3, 0.4) is 0 Å². The number of carbonyl (C=O) groups is 2. The smallest absolute Gasteiger partial charge is 0.407 e. The molecule has 25 heavy (non-hydrogen) atoms. The van der Waals surface area contributed by atoms with Gasteiger partial charge in [-0.1, -0.05) is 18.2 Å². The minimum absolute atomic E-state index is 0.0607. The number of ether oxygens (including phenoxy) is 1. The molecule has 0 aliphatic rings. The minimum atomic E-state index is -0.577. The van der Waals surface area contributed by atoms with Crippen molar-refractivity contribution in [3.63, 3.8) is 0 Å². The highest BCUT2D eigenvalue weighted by molar-refractivity contribution is 6.00. The van der Waals surface area contributed by atoms with Gasteiger partial charge in [-0.15, -0.1) is 0 Å². The second-order valence-corrected chi connectivity index (χ2v) is 6.25. The molecule has 0 atom stereocenters. The summed E-state index contributed by atoms with van der Waals surface area (Å²) in [6.45, 7) is 7.18. The van der Waals surface area contributed by atoms with Crippen LogP contribution < -0.4 is 10.6 Å². The maximum Gasteiger partial charge on any atom is 0.407 e. The fourth-order valence-electron chi connectivity index (χ4n) is 1.96. The highest BCUT2D eigenvalue weighted by atomic mass is 16.6. The van der Waals surface area contributed by atoms with E-state index in [-0.39, 0.29) is 29.3 Å². The van der Waals surface area contributed by atoms with Crippen LogP contribution in [0.15, 0.2) is 30.4 Å². The third kappa shape index (κ3) is 7.03. The van der Waals surface area contributed by atoms with Gasteiger partial charge in [0, 0.05) is 13.1 Å². The van der Waals surface area contributed by atoms with Gasteiger partial charge in [-0.2, -0.15) is 0 Å². The fraction of sp³-hybridized carbons (Fsp3) is 0.412. The van der Waals surface area contributed by atoms with Gasteiger partial charge in [-0.25, -0.2) is 4.79 Å². The van der Waals surface area contributed by atoms with Crippen molar-refractivity contribution in [2.45, 2.75) is 33.3 Å². The number of Topliss-reactive ketones (excluding diaryl/α,β-unsaturated/α-hetero) is 1. The van der Waals surface area contributed by atoms with Gasteiger partial charge in [0.1, 0.15) is 11.3 Å². The summed E-state index contributed by atoms with van der Waals surface area (Å²) in [6.07, 6.45) is 2.88. The third-order valence-electron chi connectivity index (χ3n) is 2.94. The molecule has 8 heteroatoms. The first-order valence-electron chi connectivity index (χ1n) is 7.76. The highest BCUT2D eigenvalue weighted by Gasteiger charge is 2.21. The normalized spacial score (nSPS) is 11.2. The molecule has 0 aliphatic carbocycles. The van der Waals surface area contributed by atoms with E-state index in [1.807, 2.05) is 0 Å². The summed E-state index contributed by atoms with van der Waals surface area (Å²) in [5, 5.41) is 16.7. The molecule has 1 rings (SSSR count). The Morgan fingerprint density at radius 2 is 1.88 bits per heavy atom. The molecule has 0 radical (unpaired) electrons. The van der Waals surface area contributed by atoms with Crippen LogP contribution >= 0.6 is 0 Å². The molecule has 1 aromatic carbocycles. The van der Waals surface area contributed by atoms with Gasteiger partial charge in [0.25, 0.3) is 0 Å². The zero-order chi connectivity index (χ0) is 19.0. The average molecular weight is 349 g/mol. The lowest BCUT2D eigenvalue weighted by molar-refractivity contribution is -0.384. The van der Waals surface area contributed by atoms with Gasteiger partial charge in [0.2, 0.25) is 0 Å². The fourth-order valence-corrected chi connectivity index (χ4v) is 1.96. The van der Waals surface area contributed by atoms with E-state index in [0.29, 0.717) is 6.54 Å². The standard InChI is InChI=1S/C17H23N3O5/c1-12(21)13-8-7-9-14(15(13)20(23)24)18-10-5-6-11-19-16(22)25-17(2,3)4/h5-9,18H,10-11H2,1-4H3,(H,19,22)/b6-5+.